The van der Waals surface area contributed by atoms with Crippen molar-refractivity contribution >= 4 is 35.8 Å². The number of guanidine groups is 1. The summed E-state index contributed by atoms with van der Waals surface area (Å²) in [5.41, 5.74) is 6.41. The zero-order valence-corrected chi connectivity index (χ0v) is 17.6. The first-order valence-electron chi connectivity index (χ1n) is 8.51. The predicted octanol–water partition coefficient (Wildman–Crippen LogP) is 1.63. The van der Waals surface area contributed by atoms with Crippen LogP contribution in [0, 0.1) is 17.7 Å². The van der Waals surface area contributed by atoms with Gasteiger partial charge in [-0.2, -0.15) is 0 Å². The number of carbonyl (C=O) groups excluding carboxylic acids is 1. The summed E-state index contributed by atoms with van der Waals surface area (Å²) in [5, 5.41) is 3.25. The van der Waals surface area contributed by atoms with Crippen molar-refractivity contribution < 1.29 is 13.9 Å². The number of ether oxygens (including phenoxy) is 1. The van der Waals surface area contributed by atoms with Gasteiger partial charge in [0.15, 0.2) is 5.96 Å². The van der Waals surface area contributed by atoms with Crippen LogP contribution in [0.25, 0.3) is 0 Å². The molecule has 1 amide bonds. The highest BCUT2D eigenvalue weighted by molar-refractivity contribution is 14.0. The summed E-state index contributed by atoms with van der Waals surface area (Å²) in [6, 6.07) is 6.13. The summed E-state index contributed by atoms with van der Waals surface area (Å²) < 4.78 is 18.2. The van der Waals surface area contributed by atoms with Gasteiger partial charge in [0.2, 0.25) is 5.91 Å². The molecule has 1 aromatic rings. The third-order valence-electron chi connectivity index (χ3n) is 4.50. The van der Waals surface area contributed by atoms with Crippen LogP contribution in [-0.2, 0) is 16.0 Å². The number of methoxy groups -OCH3 is 1. The van der Waals surface area contributed by atoms with Crippen molar-refractivity contribution in [3.05, 3.63) is 35.6 Å². The van der Waals surface area contributed by atoms with Gasteiger partial charge in [-0.3, -0.25) is 9.79 Å². The SMILES string of the molecule is CN=C(NCC(Cc1ccc(F)cc1)C(N)=O)N1CCC(COC)C1.I. The molecule has 0 aromatic heterocycles. The fourth-order valence-corrected chi connectivity index (χ4v) is 3.12. The molecule has 1 aromatic carbocycles. The van der Waals surface area contributed by atoms with E-state index >= 15 is 0 Å². The Morgan fingerprint density at radius 1 is 1.46 bits per heavy atom. The fraction of sp³-hybridized carbons (Fsp3) is 0.556. The van der Waals surface area contributed by atoms with E-state index in [1.165, 1.54) is 12.1 Å². The quantitative estimate of drug-likeness (QED) is 0.355. The van der Waals surface area contributed by atoms with Crippen molar-refractivity contribution in [2.45, 2.75) is 12.8 Å². The van der Waals surface area contributed by atoms with Gasteiger partial charge in [0.25, 0.3) is 0 Å². The Morgan fingerprint density at radius 2 is 2.15 bits per heavy atom. The molecule has 1 heterocycles. The highest BCUT2D eigenvalue weighted by Gasteiger charge is 2.25. The summed E-state index contributed by atoms with van der Waals surface area (Å²) in [5.74, 6) is 0.196. The summed E-state index contributed by atoms with van der Waals surface area (Å²) in [6.07, 6.45) is 1.52. The first-order chi connectivity index (χ1) is 12.0. The van der Waals surface area contributed by atoms with Crippen LogP contribution in [0.5, 0.6) is 0 Å². The molecule has 1 aliphatic rings. The third kappa shape index (κ3) is 6.71. The van der Waals surface area contributed by atoms with Crippen molar-refractivity contribution in [1.29, 1.82) is 0 Å². The maximum absolute atomic E-state index is 13.0. The lowest BCUT2D eigenvalue weighted by Crippen LogP contribution is -2.44. The second kappa shape index (κ2) is 11.3. The molecule has 0 saturated carbocycles. The number of nitrogens with two attached hydrogens (primary N) is 1. The minimum atomic E-state index is -0.389. The molecule has 0 aliphatic carbocycles. The van der Waals surface area contributed by atoms with Crippen LogP contribution in [0.4, 0.5) is 4.39 Å². The number of nitrogens with zero attached hydrogens (tertiary/aromatic N) is 2. The Kier molecular flexibility index (Phi) is 9.85. The molecule has 1 saturated heterocycles. The van der Waals surface area contributed by atoms with Gasteiger partial charge in [0.1, 0.15) is 5.82 Å². The molecule has 2 rings (SSSR count). The summed E-state index contributed by atoms with van der Waals surface area (Å²) in [4.78, 5) is 18.2. The fourth-order valence-electron chi connectivity index (χ4n) is 3.12. The van der Waals surface area contributed by atoms with Gasteiger partial charge < -0.3 is 20.7 Å². The number of rotatable bonds is 7. The smallest absolute Gasteiger partial charge is 0.222 e. The second-order valence-electron chi connectivity index (χ2n) is 6.41. The zero-order chi connectivity index (χ0) is 18.2. The van der Waals surface area contributed by atoms with Gasteiger partial charge in [0, 0.05) is 39.7 Å². The predicted molar refractivity (Wildman–Crippen MR) is 111 cm³/mol. The standard InChI is InChI=1S/C18H27FN4O2.HI/c1-21-18(23-8-7-14(11-23)12-25-2)22-10-15(17(20)24)9-13-3-5-16(19)6-4-13;/h3-6,14-15H,7-12H2,1-2H3,(H2,20,24)(H,21,22);1H. The van der Waals surface area contributed by atoms with Crippen molar-refractivity contribution in [2.24, 2.45) is 22.6 Å². The second-order valence-corrected chi connectivity index (χ2v) is 6.41. The number of carbonyl (C=O) groups is 1. The Morgan fingerprint density at radius 3 is 2.73 bits per heavy atom. The lowest BCUT2D eigenvalue weighted by Gasteiger charge is -2.23. The van der Waals surface area contributed by atoms with E-state index in [4.69, 9.17) is 10.5 Å². The minimum Gasteiger partial charge on any atom is -0.384 e. The van der Waals surface area contributed by atoms with E-state index in [-0.39, 0.29) is 41.6 Å². The Hall–Kier alpha value is -1.42. The molecule has 1 fully saturated rings. The van der Waals surface area contributed by atoms with E-state index in [2.05, 4.69) is 15.2 Å². The molecule has 3 N–H and O–H groups in total. The van der Waals surface area contributed by atoms with Crippen LogP contribution in [0.1, 0.15) is 12.0 Å². The number of aliphatic imine (C=N–C) groups is 1. The molecule has 2 unspecified atom stereocenters. The third-order valence-corrected chi connectivity index (χ3v) is 4.50. The number of amides is 1. The van der Waals surface area contributed by atoms with Crippen molar-refractivity contribution in [3.63, 3.8) is 0 Å². The summed E-state index contributed by atoms with van der Waals surface area (Å²) in [6.45, 7) is 2.92. The van der Waals surface area contributed by atoms with E-state index in [9.17, 15) is 9.18 Å². The number of halogens is 2. The molecular weight excluding hydrogens is 450 g/mol. The normalized spacial score (nSPS) is 18.3. The van der Waals surface area contributed by atoms with E-state index < -0.39 is 0 Å². The molecule has 2 atom stereocenters. The summed E-state index contributed by atoms with van der Waals surface area (Å²) in [7, 11) is 3.44. The van der Waals surface area contributed by atoms with Crippen molar-refractivity contribution in [1.82, 2.24) is 10.2 Å². The van der Waals surface area contributed by atoms with Crippen LogP contribution in [0.3, 0.4) is 0 Å². The van der Waals surface area contributed by atoms with Gasteiger partial charge in [-0.15, -0.1) is 24.0 Å². The molecule has 26 heavy (non-hydrogen) atoms. The Balaban J connectivity index is 0.00000338. The minimum absolute atomic E-state index is 0. The highest BCUT2D eigenvalue weighted by atomic mass is 127. The Labute approximate surface area is 171 Å². The maximum atomic E-state index is 13.0. The zero-order valence-electron chi connectivity index (χ0n) is 15.3. The number of hydrogen-bond acceptors (Lipinski definition) is 3. The van der Waals surface area contributed by atoms with Crippen molar-refractivity contribution in [2.75, 3.05) is 40.4 Å². The number of hydrogen-bond donors (Lipinski definition) is 2. The Bertz CT molecular complexity index is 597. The topological polar surface area (TPSA) is 79.9 Å². The van der Waals surface area contributed by atoms with Crippen LogP contribution < -0.4 is 11.1 Å². The molecule has 0 bridgehead atoms. The molecule has 0 radical (unpaired) electrons. The number of benzene rings is 1. The number of likely N-dealkylation sites (tertiary alicyclic amines) is 1. The van der Waals surface area contributed by atoms with Crippen LogP contribution in [-0.4, -0.2) is 57.2 Å². The monoisotopic (exact) mass is 478 g/mol. The van der Waals surface area contributed by atoms with Gasteiger partial charge >= 0.3 is 0 Å². The number of primary amides is 1. The molecule has 6 nitrogen and oxygen atoms in total. The maximum Gasteiger partial charge on any atom is 0.222 e. The largest absolute Gasteiger partial charge is 0.384 e. The van der Waals surface area contributed by atoms with Gasteiger partial charge in [-0.1, -0.05) is 12.1 Å². The van der Waals surface area contributed by atoms with E-state index in [1.807, 2.05) is 0 Å². The number of nitrogens with one attached hydrogen (secondary N) is 1. The average molecular weight is 478 g/mol. The van der Waals surface area contributed by atoms with Gasteiger partial charge in [-0.25, -0.2) is 4.39 Å². The van der Waals surface area contributed by atoms with Crippen LogP contribution in [0.15, 0.2) is 29.3 Å². The molecule has 8 heteroatoms. The average Bonchev–Trinajstić information content (AvgIpc) is 3.05. The van der Waals surface area contributed by atoms with Crippen LogP contribution >= 0.6 is 24.0 Å². The van der Waals surface area contributed by atoms with E-state index in [1.54, 1.807) is 26.3 Å². The first kappa shape index (κ1) is 22.6. The van der Waals surface area contributed by atoms with Crippen LogP contribution in [0.2, 0.25) is 0 Å². The molecular formula is C18H28FIN4O2. The lowest BCUT2D eigenvalue weighted by atomic mass is 9.98. The molecule has 146 valence electrons. The van der Waals surface area contributed by atoms with Gasteiger partial charge in [0.05, 0.1) is 12.5 Å². The van der Waals surface area contributed by atoms with E-state index in [0.717, 1.165) is 37.6 Å². The summed E-state index contributed by atoms with van der Waals surface area (Å²) >= 11 is 0. The highest BCUT2D eigenvalue weighted by Crippen LogP contribution is 2.16. The van der Waals surface area contributed by atoms with Gasteiger partial charge in [-0.05, 0) is 30.5 Å². The molecule has 0 spiro atoms. The lowest BCUT2D eigenvalue weighted by molar-refractivity contribution is -0.121. The first-order valence-corrected chi connectivity index (χ1v) is 8.51. The van der Waals surface area contributed by atoms with E-state index in [0.29, 0.717) is 18.9 Å². The molecule has 1 aliphatic heterocycles. The van der Waals surface area contributed by atoms with Crippen molar-refractivity contribution in [3.8, 4) is 0 Å².